The molecule has 5 atom stereocenters. The summed E-state index contributed by atoms with van der Waals surface area (Å²) in [6.45, 7) is 5.26. The van der Waals surface area contributed by atoms with E-state index in [1.807, 2.05) is 12.1 Å². The molecule has 0 radical (unpaired) electrons. The number of ether oxygens (including phenoxy) is 3. The van der Waals surface area contributed by atoms with Crippen LogP contribution in [0.25, 0.3) is 0 Å². The molecule has 0 N–H and O–H groups in total. The molecule has 5 heteroatoms. The molecule has 0 bridgehead atoms. The number of rotatable bonds is 3. The minimum atomic E-state index is -0.332. The fourth-order valence-electron chi connectivity index (χ4n) is 6.32. The van der Waals surface area contributed by atoms with Crippen LogP contribution in [-0.2, 0) is 20.7 Å². The van der Waals surface area contributed by atoms with Crippen molar-refractivity contribution in [1.29, 1.82) is 0 Å². The third-order valence-electron chi connectivity index (χ3n) is 7.48. The van der Waals surface area contributed by atoms with Gasteiger partial charge in [0, 0.05) is 19.3 Å². The highest BCUT2D eigenvalue weighted by Crippen LogP contribution is 2.62. The second-order valence-electron chi connectivity index (χ2n) is 8.93. The van der Waals surface area contributed by atoms with Gasteiger partial charge in [0.25, 0.3) is 0 Å². The zero-order chi connectivity index (χ0) is 20.1. The van der Waals surface area contributed by atoms with E-state index in [0.717, 1.165) is 38.5 Å². The predicted molar refractivity (Wildman–Crippen MR) is 104 cm³/mol. The number of hydrogen-bond donors (Lipinski definition) is 0. The Labute approximate surface area is 166 Å². The number of hydrogen-bond acceptors (Lipinski definition) is 5. The van der Waals surface area contributed by atoms with Crippen molar-refractivity contribution in [2.24, 2.45) is 17.3 Å². The first kappa shape index (κ1) is 19.3. The van der Waals surface area contributed by atoms with Gasteiger partial charge in [-0.3, -0.25) is 9.59 Å². The van der Waals surface area contributed by atoms with Crippen LogP contribution in [0.4, 0.5) is 0 Å². The smallest absolute Gasteiger partial charge is 0.308 e. The third-order valence-corrected chi connectivity index (χ3v) is 7.48. The lowest BCUT2D eigenvalue weighted by Crippen LogP contribution is -2.45. The van der Waals surface area contributed by atoms with E-state index < -0.39 is 0 Å². The minimum Gasteiger partial charge on any atom is -0.493 e. The molecule has 0 amide bonds. The van der Waals surface area contributed by atoms with Crippen LogP contribution >= 0.6 is 0 Å². The van der Waals surface area contributed by atoms with Gasteiger partial charge < -0.3 is 14.2 Å². The van der Waals surface area contributed by atoms with Gasteiger partial charge in [0.2, 0.25) is 0 Å². The first-order chi connectivity index (χ1) is 13.3. The summed E-state index contributed by atoms with van der Waals surface area (Å²) in [7, 11) is 1.61. The van der Waals surface area contributed by atoms with Gasteiger partial charge in [0.15, 0.2) is 11.5 Å². The Bertz CT molecular complexity index is 800. The Morgan fingerprint density at radius 3 is 2.50 bits per heavy atom. The van der Waals surface area contributed by atoms with Gasteiger partial charge in [-0.2, -0.15) is 0 Å². The van der Waals surface area contributed by atoms with E-state index in [-0.39, 0.29) is 23.5 Å². The topological polar surface area (TPSA) is 61.8 Å². The first-order valence-corrected chi connectivity index (χ1v) is 10.4. The van der Waals surface area contributed by atoms with Crippen LogP contribution in [0.1, 0.15) is 69.9 Å². The molecule has 2 saturated carbocycles. The monoisotopic (exact) mass is 386 g/mol. The van der Waals surface area contributed by atoms with Gasteiger partial charge in [-0.05, 0) is 79.5 Å². The Kier molecular flexibility index (Phi) is 4.88. The molecule has 0 aliphatic heterocycles. The van der Waals surface area contributed by atoms with Crippen molar-refractivity contribution in [1.82, 2.24) is 0 Å². The van der Waals surface area contributed by atoms with Crippen molar-refractivity contribution in [3.8, 4) is 11.5 Å². The van der Waals surface area contributed by atoms with E-state index in [9.17, 15) is 9.59 Å². The molecule has 5 nitrogen and oxygen atoms in total. The van der Waals surface area contributed by atoms with Gasteiger partial charge >= 0.3 is 11.9 Å². The molecule has 28 heavy (non-hydrogen) atoms. The molecule has 3 aliphatic carbocycles. The third kappa shape index (κ3) is 3.09. The summed E-state index contributed by atoms with van der Waals surface area (Å²) in [6.07, 6.45) is 6.44. The number of aryl methyl sites for hydroxylation is 1. The Balaban J connectivity index is 1.65. The Morgan fingerprint density at radius 2 is 1.82 bits per heavy atom. The molecule has 3 aliphatic rings. The SMILES string of the molecule is COc1cc2c(cc1OC(C)=O)[C@H]1CC[C@]3(C)[C@@H](OC(C)=O)CC[C@H]3[C@H]1CC2. The molecule has 4 rings (SSSR count). The summed E-state index contributed by atoms with van der Waals surface area (Å²) in [5.74, 6) is 2.28. The second-order valence-corrected chi connectivity index (χ2v) is 8.93. The first-order valence-electron chi connectivity index (χ1n) is 10.4. The number of benzene rings is 1. The molecule has 1 aromatic carbocycles. The summed E-state index contributed by atoms with van der Waals surface area (Å²) in [4.78, 5) is 23.1. The molecule has 0 unspecified atom stereocenters. The van der Waals surface area contributed by atoms with E-state index in [1.54, 1.807) is 7.11 Å². The summed E-state index contributed by atoms with van der Waals surface area (Å²) >= 11 is 0. The van der Waals surface area contributed by atoms with Crippen molar-refractivity contribution in [3.05, 3.63) is 23.3 Å². The molecule has 1 aromatic rings. The molecule has 0 saturated heterocycles. The van der Waals surface area contributed by atoms with Crippen molar-refractivity contribution in [2.75, 3.05) is 7.11 Å². The van der Waals surface area contributed by atoms with Crippen LogP contribution < -0.4 is 9.47 Å². The average Bonchev–Trinajstić information content (AvgIpc) is 2.96. The van der Waals surface area contributed by atoms with Gasteiger partial charge in [-0.1, -0.05) is 6.92 Å². The molecule has 0 aromatic heterocycles. The lowest BCUT2D eigenvalue weighted by atomic mass is 9.55. The average molecular weight is 386 g/mol. The van der Waals surface area contributed by atoms with Gasteiger partial charge in [0.1, 0.15) is 6.10 Å². The maximum Gasteiger partial charge on any atom is 0.308 e. The predicted octanol–water partition coefficient (Wildman–Crippen LogP) is 4.41. The Hall–Kier alpha value is -2.04. The number of esters is 2. The maximum absolute atomic E-state index is 11.6. The van der Waals surface area contributed by atoms with E-state index in [2.05, 4.69) is 6.92 Å². The van der Waals surface area contributed by atoms with Crippen molar-refractivity contribution >= 4 is 11.9 Å². The number of carbonyl (C=O) groups excluding carboxylic acids is 2. The zero-order valence-corrected chi connectivity index (χ0v) is 17.2. The maximum atomic E-state index is 11.6. The molecular weight excluding hydrogens is 356 g/mol. The highest BCUT2D eigenvalue weighted by molar-refractivity contribution is 5.71. The van der Waals surface area contributed by atoms with Crippen molar-refractivity contribution < 1.29 is 23.8 Å². The largest absolute Gasteiger partial charge is 0.493 e. The summed E-state index contributed by atoms with van der Waals surface area (Å²) in [5, 5.41) is 0. The molecule has 0 spiro atoms. The normalized spacial score (nSPS) is 33.3. The van der Waals surface area contributed by atoms with E-state index >= 15 is 0 Å². The van der Waals surface area contributed by atoms with Crippen LogP contribution in [-0.4, -0.2) is 25.2 Å². The van der Waals surface area contributed by atoms with Crippen molar-refractivity contribution in [3.63, 3.8) is 0 Å². The highest BCUT2D eigenvalue weighted by Gasteiger charge is 2.56. The van der Waals surface area contributed by atoms with Crippen LogP contribution in [0.3, 0.4) is 0 Å². The van der Waals surface area contributed by atoms with Gasteiger partial charge in [-0.25, -0.2) is 0 Å². The van der Waals surface area contributed by atoms with Crippen LogP contribution in [0.15, 0.2) is 12.1 Å². The minimum absolute atomic E-state index is 0.0461. The lowest BCUT2D eigenvalue weighted by molar-refractivity contribution is -0.154. The fourth-order valence-corrected chi connectivity index (χ4v) is 6.32. The van der Waals surface area contributed by atoms with Gasteiger partial charge in [0.05, 0.1) is 7.11 Å². The number of methoxy groups -OCH3 is 1. The zero-order valence-electron chi connectivity index (χ0n) is 17.2. The quantitative estimate of drug-likeness (QED) is 0.569. The summed E-state index contributed by atoms with van der Waals surface area (Å²) in [5.41, 5.74) is 2.70. The lowest BCUT2D eigenvalue weighted by Gasteiger charge is -2.50. The standard InChI is InChI=1S/C23H30O5/c1-13(24)27-21-12-18-15(11-20(21)26-4)5-6-17-16(18)9-10-23(3)19(17)7-8-22(23)28-14(2)25/h11-12,16-17,19,22H,5-10H2,1-4H3/t16-,17-,19-,22-,23-/m0/s1. The summed E-state index contributed by atoms with van der Waals surface area (Å²) < 4.78 is 16.6. The summed E-state index contributed by atoms with van der Waals surface area (Å²) in [6, 6.07) is 4.08. The van der Waals surface area contributed by atoms with Crippen LogP contribution in [0.5, 0.6) is 11.5 Å². The molecule has 0 heterocycles. The number of carbonyl (C=O) groups is 2. The molecule has 2 fully saturated rings. The molecule has 152 valence electrons. The highest BCUT2D eigenvalue weighted by atomic mass is 16.6. The fraction of sp³-hybridized carbons (Fsp3) is 0.652. The Morgan fingerprint density at radius 1 is 1.04 bits per heavy atom. The van der Waals surface area contributed by atoms with Crippen LogP contribution in [0.2, 0.25) is 0 Å². The van der Waals surface area contributed by atoms with Crippen LogP contribution in [0, 0.1) is 17.3 Å². The van der Waals surface area contributed by atoms with Crippen molar-refractivity contribution in [2.45, 2.75) is 71.3 Å². The van der Waals surface area contributed by atoms with Gasteiger partial charge in [-0.15, -0.1) is 0 Å². The second kappa shape index (κ2) is 7.09. The number of fused-ring (bicyclic) bond motifs is 5. The van der Waals surface area contributed by atoms with E-state index in [1.165, 1.54) is 25.0 Å². The molecular formula is C23H30O5. The van der Waals surface area contributed by atoms with E-state index in [0.29, 0.717) is 29.3 Å². The van der Waals surface area contributed by atoms with E-state index in [4.69, 9.17) is 14.2 Å².